The number of anilines is 2. The fourth-order valence-corrected chi connectivity index (χ4v) is 7.91. The van der Waals surface area contributed by atoms with Gasteiger partial charge in [0.05, 0.1) is 6.07 Å². The Morgan fingerprint density at radius 3 is 2.56 bits per heavy atom. The van der Waals surface area contributed by atoms with E-state index in [4.69, 9.17) is 0 Å². The molecule has 7 rings (SSSR count). The van der Waals surface area contributed by atoms with Crippen molar-refractivity contribution in [1.82, 2.24) is 9.88 Å². The van der Waals surface area contributed by atoms with Gasteiger partial charge in [0.1, 0.15) is 11.0 Å². The summed E-state index contributed by atoms with van der Waals surface area (Å²) in [5.74, 6) is -1.37. The molecule has 8 nitrogen and oxygen atoms in total. The highest BCUT2D eigenvalue weighted by atomic mass is 127. The van der Waals surface area contributed by atoms with E-state index in [1.807, 2.05) is 42.5 Å². The number of carbonyl (C=O) groups excluding carboxylic acids is 3. The molecular formula is C30H22IN5O3. The predicted molar refractivity (Wildman–Crippen MR) is 154 cm³/mol. The van der Waals surface area contributed by atoms with Crippen LogP contribution < -0.4 is 10.2 Å². The Bertz CT molecular complexity index is 1820. The van der Waals surface area contributed by atoms with Crippen LogP contribution in [0.1, 0.15) is 21.5 Å². The van der Waals surface area contributed by atoms with E-state index in [0.29, 0.717) is 33.5 Å². The smallest absolute Gasteiger partial charge is 0.253 e. The van der Waals surface area contributed by atoms with Gasteiger partial charge in [-0.3, -0.25) is 19.3 Å². The molecular weight excluding hydrogens is 605 g/mol. The maximum absolute atomic E-state index is 14.9. The quantitative estimate of drug-likeness (QED) is 0.256. The molecule has 1 aromatic heterocycles. The largest absolute Gasteiger partial charge is 0.360 e. The van der Waals surface area contributed by atoms with Crippen LogP contribution in [0.3, 0.4) is 0 Å². The Labute approximate surface area is 237 Å². The molecule has 3 atom stereocenters. The van der Waals surface area contributed by atoms with Crippen molar-refractivity contribution in [3.63, 3.8) is 0 Å². The summed E-state index contributed by atoms with van der Waals surface area (Å²) >= 11 is 2.19. The number of halogens is 1. The molecule has 39 heavy (non-hydrogen) atoms. The van der Waals surface area contributed by atoms with Crippen LogP contribution in [0.25, 0.3) is 10.9 Å². The Hall–Kier alpha value is -4.01. The summed E-state index contributed by atoms with van der Waals surface area (Å²) in [6.07, 6.45) is 1.60. The van der Waals surface area contributed by atoms with Gasteiger partial charge in [0.2, 0.25) is 5.91 Å². The van der Waals surface area contributed by atoms with Crippen LogP contribution in [-0.2, 0) is 20.5 Å². The lowest BCUT2D eigenvalue weighted by Gasteiger charge is -2.45. The molecule has 4 heterocycles. The number of likely N-dealkylation sites (tertiary alicyclic amines) is 1. The van der Waals surface area contributed by atoms with E-state index in [2.05, 4.69) is 39.0 Å². The second kappa shape index (κ2) is 7.77. The van der Waals surface area contributed by atoms with Crippen molar-refractivity contribution >= 4 is 62.5 Å². The molecule has 2 N–H and O–H groups in total. The van der Waals surface area contributed by atoms with E-state index >= 15 is 0 Å². The summed E-state index contributed by atoms with van der Waals surface area (Å²) in [5, 5.41) is 14.7. The molecule has 2 spiro atoms. The molecule has 3 aromatic carbocycles. The second-order valence-corrected chi connectivity index (χ2v) is 11.7. The number of likely N-dealkylation sites (N-methyl/N-ethyl adjacent to an activating group) is 2. The number of nitrogens with zero attached hydrogens (tertiary/aromatic N) is 3. The number of Topliss-reactive ketones (excluding diaryl/α,β-unsaturated/α-hetero) is 1. The molecule has 4 aromatic rings. The van der Waals surface area contributed by atoms with Crippen LogP contribution in [-0.4, -0.2) is 48.1 Å². The molecule has 1 saturated heterocycles. The average molecular weight is 627 g/mol. The number of hydrogen-bond donors (Lipinski definition) is 2. The number of fused-ring (bicyclic) bond motifs is 6. The summed E-state index contributed by atoms with van der Waals surface area (Å²) in [4.78, 5) is 50.5. The molecule has 0 aliphatic carbocycles. The summed E-state index contributed by atoms with van der Waals surface area (Å²) < 4.78 is 0.876. The van der Waals surface area contributed by atoms with Gasteiger partial charge in [-0.2, -0.15) is 5.26 Å². The zero-order valence-corrected chi connectivity index (χ0v) is 23.2. The van der Waals surface area contributed by atoms with Gasteiger partial charge in [-0.25, -0.2) is 0 Å². The number of nitrogens with one attached hydrogen (secondary N) is 2. The molecule has 0 unspecified atom stereocenters. The Kier molecular flexibility index (Phi) is 4.79. The zero-order valence-electron chi connectivity index (χ0n) is 21.1. The first-order valence-electron chi connectivity index (χ1n) is 12.5. The van der Waals surface area contributed by atoms with Crippen LogP contribution in [0.2, 0.25) is 0 Å². The minimum Gasteiger partial charge on any atom is -0.360 e. The highest BCUT2D eigenvalue weighted by molar-refractivity contribution is 14.1. The number of benzene rings is 3. The first kappa shape index (κ1) is 24.1. The highest BCUT2D eigenvalue weighted by Gasteiger charge is 2.84. The molecule has 2 amide bonds. The number of H-pyrrole nitrogens is 1. The SMILES string of the molecule is CN1C(=O)[C@@]2(c3cc(I)ccc31)N(C)C[C@](C#N)(C(=O)c1c[nH]c3ccccc13)[C@]21C(=O)Nc2ccccc21. The molecule has 1 fully saturated rings. The number of nitriles is 1. The van der Waals surface area contributed by atoms with Crippen molar-refractivity contribution in [3.05, 3.63) is 93.2 Å². The second-order valence-electron chi connectivity index (χ2n) is 10.4. The van der Waals surface area contributed by atoms with E-state index in [-0.39, 0.29) is 12.5 Å². The van der Waals surface area contributed by atoms with E-state index in [1.165, 1.54) is 0 Å². The highest BCUT2D eigenvalue weighted by Crippen LogP contribution is 2.69. The third-order valence-electron chi connectivity index (χ3n) is 8.89. The number of aromatic amines is 1. The number of ketones is 1. The van der Waals surface area contributed by atoms with E-state index < -0.39 is 28.1 Å². The standard InChI is InChI=1S/C30H22IN5O3/c1-35-16-28(15-32,25(37)19-14-33-22-9-5-3-7-18(19)22)29(20-8-4-6-10-23(20)34-26(29)38)30(35)21-13-17(31)11-12-24(21)36(2)27(30)39/h3-14,33H,16H2,1-2H3,(H,34,38)/t28-,29+,30-/m1/s1. The summed E-state index contributed by atoms with van der Waals surface area (Å²) in [6, 6.07) is 22.5. The Balaban J connectivity index is 1.64. The van der Waals surface area contributed by atoms with Gasteiger partial charge in [-0.05, 0) is 65.5 Å². The van der Waals surface area contributed by atoms with Gasteiger partial charge in [-0.15, -0.1) is 0 Å². The van der Waals surface area contributed by atoms with Crippen molar-refractivity contribution < 1.29 is 14.4 Å². The van der Waals surface area contributed by atoms with Crippen molar-refractivity contribution in [2.45, 2.75) is 11.0 Å². The minimum absolute atomic E-state index is 0.117. The normalized spacial score (nSPS) is 27.3. The molecule has 9 heteroatoms. The summed E-state index contributed by atoms with van der Waals surface area (Å²) in [5.41, 5.74) is -2.13. The zero-order chi connectivity index (χ0) is 27.3. The fourth-order valence-electron chi connectivity index (χ4n) is 7.42. The van der Waals surface area contributed by atoms with Crippen molar-refractivity contribution in [1.29, 1.82) is 5.26 Å². The Morgan fingerprint density at radius 1 is 1.03 bits per heavy atom. The summed E-state index contributed by atoms with van der Waals surface area (Å²) in [6.45, 7) is -0.117. The lowest BCUT2D eigenvalue weighted by molar-refractivity contribution is -0.138. The number of hydrogen-bond acceptors (Lipinski definition) is 5. The van der Waals surface area contributed by atoms with Crippen LogP contribution in [0.15, 0.2) is 72.9 Å². The van der Waals surface area contributed by atoms with Crippen LogP contribution in [0.4, 0.5) is 11.4 Å². The number of para-hydroxylation sites is 2. The Morgan fingerprint density at radius 2 is 1.77 bits per heavy atom. The number of amides is 2. The van der Waals surface area contributed by atoms with Gasteiger partial charge in [0.25, 0.3) is 5.91 Å². The molecule has 0 saturated carbocycles. The van der Waals surface area contributed by atoms with Crippen molar-refractivity contribution in [3.8, 4) is 6.07 Å². The number of aromatic nitrogens is 1. The van der Waals surface area contributed by atoms with Crippen molar-refractivity contribution in [2.24, 2.45) is 5.41 Å². The van der Waals surface area contributed by atoms with Crippen molar-refractivity contribution in [2.75, 3.05) is 30.9 Å². The lowest BCUT2D eigenvalue weighted by atomic mass is 9.51. The molecule has 3 aliphatic rings. The topological polar surface area (TPSA) is 109 Å². The molecule has 0 radical (unpaired) electrons. The third-order valence-corrected chi connectivity index (χ3v) is 9.56. The molecule has 0 bridgehead atoms. The first-order chi connectivity index (χ1) is 18.8. The van der Waals surface area contributed by atoms with Gasteiger partial charge >= 0.3 is 0 Å². The molecule has 3 aliphatic heterocycles. The summed E-state index contributed by atoms with van der Waals surface area (Å²) in [7, 11) is 3.41. The van der Waals surface area contributed by atoms with E-state index in [0.717, 1.165) is 9.09 Å². The average Bonchev–Trinajstić information content (AvgIpc) is 3.62. The molecule has 192 valence electrons. The van der Waals surface area contributed by atoms with Crippen LogP contribution in [0.5, 0.6) is 0 Å². The minimum atomic E-state index is -1.93. The van der Waals surface area contributed by atoms with Crippen LogP contribution >= 0.6 is 22.6 Å². The van der Waals surface area contributed by atoms with E-state index in [9.17, 15) is 19.6 Å². The van der Waals surface area contributed by atoms with Gasteiger partial charge < -0.3 is 15.2 Å². The first-order valence-corrected chi connectivity index (χ1v) is 13.6. The van der Waals surface area contributed by atoms with Gasteiger partial charge in [0.15, 0.2) is 11.2 Å². The third kappa shape index (κ3) is 2.50. The van der Waals surface area contributed by atoms with Gasteiger partial charge in [0, 0.05) is 56.8 Å². The lowest BCUT2D eigenvalue weighted by Crippen LogP contribution is -2.65. The van der Waals surface area contributed by atoms with E-state index in [1.54, 1.807) is 54.4 Å². The maximum atomic E-state index is 14.9. The fraction of sp³-hybridized carbons (Fsp3) is 0.200. The number of rotatable bonds is 2. The predicted octanol–water partition coefficient (Wildman–Crippen LogP) is 4.17. The number of carbonyl (C=O) groups is 3. The van der Waals surface area contributed by atoms with Crippen LogP contribution in [0, 0.1) is 20.3 Å². The maximum Gasteiger partial charge on any atom is 0.253 e. The monoisotopic (exact) mass is 627 g/mol. The van der Waals surface area contributed by atoms with Gasteiger partial charge in [-0.1, -0.05) is 36.4 Å².